The molecular weight excluding hydrogens is 290 g/mol. The molecule has 5 N–H and O–H groups in total. The van der Waals surface area contributed by atoms with Gasteiger partial charge in [-0.15, -0.1) is 0 Å². The van der Waals surface area contributed by atoms with Gasteiger partial charge in [0, 0.05) is 11.4 Å². The van der Waals surface area contributed by atoms with Crippen molar-refractivity contribution < 1.29 is 4.79 Å². The summed E-state index contributed by atoms with van der Waals surface area (Å²) in [5.41, 5.74) is 12.8. The van der Waals surface area contributed by atoms with Crippen LogP contribution in [0.1, 0.15) is 11.1 Å². The molecule has 1 saturated heterocycles. The fraction of sp³-hybridized carbons (Fsp3) is 0.235. The van der Waals surface area contributed by atoms with E-state index in [1.165, 1.54) is 5.56 Å². The normalized spacial score (nSPS) is 20.3. The first kappa shape index (κ1) is 15.5. The number of hydrogen-bond acceptors (Lipinski definition) is 5. The number of anilines is 2. The Morgan fingerprint density at radius 1 is 0.870 bits per heavy atom. The van der Waals surface area contributed by atoms with Gasteiger partial charge in [0.1, 0.15) is 12.2 Å². The topological polar surface area (TPSA) is 77.2 Å². The molecule has 120 valence electrons. The number of hydrogen-bond donors (Lipinski definition) is 5. The lowest BCUT2D eigenvalue weighted by atomic mass is 10.1. The Morgan fingerprint density at radius 2 is 1.43 bits per heavy atom. The molecule has 2 atom stereocenters. The number of rotatable bonds is 4. The van der Waals surface area contributed by atoms with Crippen LogP contribution in [0.4, 0.5) is 11.4 Å². The minimum absolute atomic E-state index is 0.115. The first-order valence-electron chi connectivity index (χ1n) is 7.58. The monoisotopic (exact) mass is 311 g/mol. The molecule has 2 aromatic rings. The van der Waals surface area contributed by atoms with E-state index in [-0.39, 0.29) is 12.1 Å². The molecule has 0 saturated carbocycles. The van der Waals surface area contributed by atoms with Gasteiger partial charge in [-0.25, -0.2) is 10.9 Å². The van der Waals surface area contributed by atoms with E-state index in [9.17, 15) is 4.79 Å². The zero-order chi connectivity index (χ0) is 16.2. The SMILES string of the molecule is Cc1ccc(NC(=O)C2NNNC2Nc2ccc(C)cc2)cc1. The van der Waals surface area contributed by atoms with Crippen molar-refractivity contribution in [3.05, 3.63) is 59.7 Å². The van der Waals surface area contributed by atoms with Gasteiger partial charge in [-0.1, -0.05) is 35.4 Å². The van der Waals surface area contributed by atoms with Crippen molar-refractivity contribution in [3.63, 3.8) is 0 Å². The van der Waals surface area contributed by atoms with Crippen LogP contribution in [0, 0.1) is 13.8 Å². The molecule has 6 nitrogen and oxygen atoms in total. The second kappa shape index (κ2) is 6.78. The minimum Gasteiger partial charge on any atom is -0.367 e. The van der Waals surface area contributed by atoms with Gasteiger partial charge in [-0.3, -0.25) is 4.79 Å². The first-order chi connectivity index (χ1) is 11.1. The third kappa shape index (κ3) is 3.87. The van der Waals surface area contributed by atoms with Crippen LogP contribution in [0.15, 0.2) is 48.5 Å². The van der Waals surface area contributed by atoms with E-state index in [1.54, 1.807) is 0 Å². The van der Waals surface area contributed by atoms with E-state index in [0.29, 0.717) is 0 Å². The fourth-order valence-corrected chi connectivity index (χ4v) is 2.39. The highest BCUT2D eigenvalue weighted by atomic mass is 16.2. The summed E-state index contributed by atoms with van der Waals surface area (Å²) in [6.45, 7) is 4.05. The molecule has 0 spiro atoms. The molecular formula is C17H21N5O. The van der Waals surface area contributed by atoms with Gasteiger partial charge in [-0.05, 0) is 38.1 Å². The van der Waals surface area contributed by atoms with Crippen LogP contribution in [0.25, 0.3) is 0 Å². The Labute approximate surface area is 135 Å². The van der Waals surface area contributed by atoms with E-state index >= 15 is 0 Å². The fourth-order valence-electron chi connectivity index (χ4n) is 2.39. The molecule has 0 aromatic heterocycles. The van der Waals surface area contributed by atoms with Crippen molar-refractivity contribution in [2.45, 2.75) is 26.1 Å². The average molecular weight is 311 g/mol. The number of carbonyl (C=O) groups is 1. The number of hydrazine groups is 2. The summed E-state index contributed by atoms with van der Waals surface area (Å²) in [4.78, 5) is 12.5. The summed E-state index contributed by atoms with van der Waals surface area (Å²) in [6, 6.07) is 15.3. The summed E-state index contributed by atoms with van der Waals surface area (Å²) >= 11 is 0. The predicted octanol–water partition coefficient (Wildman–Crippen LogP) is 1.66. The minimum atomic E-state index is -0.447. The maximum absolute atomic E-state index is 12.5. The molecule has 2 aromatic carbocycles. The van der Waals surface area contributed by atoms with Crippen molar-refractivity contribution in [1.29, 1.82) is 0 Å². The highest BCUT2D eigenvalue weighted by Gasteiger charge is 2.32. The molecule has 0 radical (unpaired) electrons. The Hall–Kier alpha value is -2.41. The Morgan fingerprint density at radius 3 is 2.04 bits per heavy atom. The maximum Gasteiger partial charge on any atom is 0.246 e. The van der Waals surface area contributed by atoms with Crippen LogP contribution in [-0.4, -0.2) is 18.1 Å². The van der Waals surface area contributed by atoms with E-state index < -0.39 is 6.04 Å². The molecule has 1 amide bonds. The van der Waals surface area contributed by atoms with Crippen molar-refractivity contribution in [2.75, 3.05) is 10.6 Å². The van der Waals surface area contributed by atoms with E-state index in [2.05, 4.69) is 27.0 Å². The van der Waals surface area contributed by atoms with Gasteiger partial charge >= 0.3 is 0 Å². The lowest BCUT2D eigenvalue weighted by Crippen LogP contribution is -2.47. The number of benzene rings is 2. The second-order valence-electron chi connectivity index (χ2n) is 5.73. The lowest BCUT2D eigenvalue weighted by molar-refractivity contribution is -0.118. The van der Waals surface area contributed by atoms with Crippen LogP contribution in [0.3, 0.4) is 0 Å². The van der Waals surface area contributed by atoms with Crippen LogP contribution in [0.5, 0.6) is 0 Å². The Bertz CT molecular complexity index is 668. The lowest BCUT2D eigenvalue weighted by Gasteiger charge is -2.20. The van der Waals surface area contributed by atoms with Gasteiger partial charge in [0.2, 0.25) is 5.91 Å². The van der Waals surface area contributed by atoms with Crippen LogP contribution >= 0.6 is 0 Å². The van der Waals surface area contributed by atoms with E-state index in [1.807, 2.05) is 62.4 Å². The van der Waals surface area contributed by atoms with Gasteiger partial charge in [0.25, 0.3) is 0 Å². The molecule has 0 bridgehead atoms. The number of aryl methyl sites for hydroxylation is 2. The molecule has 3 rings (SSSR count). The van der Waals surface area contributed by atoms with Gasteiger partial charge in [0.15, 0.2) is 0 Å². The third-order valence-electron chi connectivity index (χ3n) is 3.76. The molecule has 1 heterocycles. The summed E-state index contributed by atoms with van der Waals surface area (Å²) < 4.78 is 0. The van der Waals surface area contributed by atoms with Crippen molar-refractivity contribution >= 4 is 17.3 Å². The zero-order valence-electron chi connectivity index (χ0n) is 13.2. The van der Waals surface area contributed by atoms with Crippen LogP contribution < -0.4 is 27.0 Å². The Kier molecular flexibility index (Phi) is 4.57. The molecule has 6 heteroatoms. The summed E-state index contributed by atoms with van der Waals surface area (Å²) in [5.74, 6) is -0.115. The average Bonchev–Trinajstić information content (AvgIpc) is 3.00. The van der Waals surface area contributed by atoms with E-state index in [0.717, 1.165) is 16.9 Å². The maximum atomic E-state index is 12.5. The van der Waals surface area contributed by atoms with Gasteiger partial charge < -0.3 is 10.6 Å². The largest absolute Gasteiger partial charge is 0.367 e. The van der Waals surface area contributed by atoms with Crippen LogP contribution in [-0.2, 0) is 4.79 Å². The van der Waals surface area contributed by atoms with E-state index in [4.69, 9.17) is 0 Å². The standard InChI is InChI=1S/C17H21N5O/c1-11-3-7-13(8-4-11)18-16-15(20-22-21-16)17(23)19-14-9-5-12(2)6-10-14/h3-10,15-16,18,20-22H,1-2H3,(H,19,23). The zero-order valence-corrected chi connectivity index (χ0v) is 13.2. The summed E-state index contributed by atoms with van der Waals surface area (Å²) in [6.07, 6.45) is -0.261. The van der Waals surface area contributed by atoms with Crippen molar-refractivity contribution in [2.24, 2.45) is 0 Å². The van der Waals surface area contributed by atoms with Crippen molar-refractivity contribution in [1.82, 2.24) is 16.4 Å². The quantitative estimate of drug-likeness (QED) is 0.594. The second-order valence-corrected chi connectivity index (χ2v) is 5.73. The molecule has 1 fully saturated rings. The van der Waals surface area contributed by atoms with Crippen molar-refractivity contribution in [3.8, 4) is 0 Å². The molecule has 23 heavy (non-hydrogen) atoms. The smallest absolute Gasteiger partial charge is 0.246 e. The molecule has 1 aliphatic rings. The third-order valence-corrected chi connectivity index (χ3v) is 3.76. The molecule has 1 aliphatic heterocycles. The number of carbonyl (C=O) groups excluding carboxylic acids is 1. The number of amides is 1. The highest BCUT2D eigenvalue weighted by molar-refractivity contribution is 5.95. The predicted molar refractivity (Wildman–Crippen MR) is 91.6 cm³/mol. The first-order valence-corrected chi connectivity index (χ1v) is 7.58. The Balaban J connectivity index is 1.64. The van der Waals surface area contributed by atoms with Gasteiger partial charge in [-0.2, -0.15) is 5.53 Å². The summed E-state index contributed by atoms with van der Waals surface area (Å²) in [5, 5.41) is 6.21. The highest BCUT2D eigenvalue weighted by Crippen LogP contribution is 2.13. The van der Waals surface area contributed by atoms with Crippen LogP contribution in [0.2, 0.25) is 0 Å². The molecule has 0 aliphatic carbocycles. The summed E-state index contributed by atoms with van der Waals surface area (Å²) in [7, 11) is 0. The van der Waals surface area contributed by atoms with Gasteiger partial charge in [0.05, 0.1) is 0 Å². The molecule has 2 unspecified atom stereocenters. The number of nitrogens with one attached hydrogen (secondary N) is 5.